The molecule has 0 saturated heterocycles. The molecule has 118 valence electrons. The van der Waals surface area contributed by atoms with Gasteiger partial charge in [-0.25, -0.2) is 0 Å². The van der Waals surface area contributed by atoms with Crippen LogP contribution < -0.4 is 0 Å². The summed E-state index contributed by atoms with van der Waals surface area (Å²) in [6.45, 7) is 13.1. The van der Waals surface area contributed by atoms with E-state index in [1.54, 1.807) is 0 Å². The van der Waals surface area contributed by atoms with E-state index in [-0.39, 0.29) is 6.10 Å². The molecular formula is C19H31NO. The standard InChI is InChI=1S/C19H31NO/c1-5-6-11-19(21)15-20(13-12-16(2)3)14-18-10-8-7-9-17(18)4/h5,7-10,16,19,21H,1,6,11-15H2,2-4H3/t19-/m1/s1. The fourth-order valence-corrected chi connectivity index (χ4v) is 2.40. The smallest absolute Gasteiger partial charge is 0.0670 e. The molecule has 0 fully saturated rings. The first kappa shape index (κ1) is 17.9. The van der Waals surface area contributed by atoms with Crippen LogP contribution in [0, 0.1) is 12.8 Å². The molecule has 1 rings (SSSR count). The number of allylic oxidation sites excluding steroid dienone is 1. The first-order chi connectivity index (χ1) is 10.0. The third-order valence-corrected chi connectivity index (χ3v) is 3.85. The van der Waals surface area contributed by atoms with Crippen LogP contribution in [0.5, 0.6) is 0 Å². The van der Waals surface area contributed by atoms with E-state index in [1.807, 2.05) is 6.08 Å². The van der Waals surface area contributed by atoms with Gasteiger partial charge in [-0.05, 0) is 49.8 Å². The minimum Gasteiger partial charge on any atom is -0.392 e. The van der Waals surface area contributed by atoms with E-state index in [1.165, 1.54) is 17.5 Å². The van der Waals surface area contributed by atoms with Crippen molar-refractivity contribution in [2.24, 2.45) is 5.92 Å². The van der Waals surface area contributed by atoms with Crippen molar-refractivity contribution in [3.05, 3.63) is 48.0 Å². The third kappa shape index (κ3) is 7.45. The van der Waals surface area contributed by atoms with Gasteiger partial charge in [-0.2, -0.15) is 0 Å². The zero-order chi connectivity index (χ0) is 15.7. The molecule has 0 unspecified atom stereocenters. The minimum atomic E-state index is -0.265. The van der Waals surface area contributed by atoms with Gasteiger partial charge in [0.2, 0.25) is 0 Å². The molecule has 0 aliphatic heterocycles. The van der Waals surface area contributed by atoms with Gasteiger partial charge in [-0.3, -0.25) is 4.90 Å². The van der Waals surface area contributed by atoms with Crippen LogP contribution >= 0.6 is 0 Å². The van der Waals surface area contributed by atoms with Gasteiger partial charge in [-0.15, -0.1) is 6.58 Å². The zero-order valence-electron chi connectivity index (χ0n) is 13.9. The highest BCUT2D eigenvalue weighted by molar-refractivity contribution is 5.25. The topological polar surface area (TPSA) is 23.5 Å². The van der Waals surface area contributed by atoms with Crippen molar-refractivity contribution < 1.29 is 5.11 Å². The number of aliphatic hydroxyl groups excluding tert-OH is 1. The van der Waals surface area contributed by atoms with Crippen molar-refractivity contribution in [3.63, 3.8) is 0 Å². The van der Waals surface area contributed by atoms with Gasteiger partial charge >= 0.3 is 0 Å². The predicted molar refractivity (Wildman–Crippen MR) is 91.3 cm³/mol. The average molecular weight is 289 g/mol. The summed E-state index contributed by atoms with van der Waals surface area (Å²) in [6.07, 6.45) is 4.46. The first-order valence-corrected chi connectivity index (χ1v) is 8.08. The molecule has 1 atom stereocenters. The van der Waals surface area contributed by atoms with Crippen molar-refractivity contribution in [2.75, 3.05) is 13.1 Å². The van der Waals surface area contributed by atoms with Crippen LogP contribution in [-0.2, 0) is 6.54 Å². The second-order valence-electron chi connectivity index (χ2n) is 6.36. The fourth-order valence-electron chi connectivity index (χ4n) is 2.40. The Labute approximate surface area is 130 Å². The summed E-state index contributed by atoms with van der Waals surface area (Å²) in [5, 5.41) is 10.2. The van der Waals surface area contributed by atoms with E-state index in [4.69, 9.17) is 0 Å². The van der Waals surface area contributed by atoms with E-state index >= 15 is 0 Å². The Balaban J connectivity index is 2.63. The summed E-state index contributed by atoms with van der Waals surface area (Å²) in [4.78, 5) is 2.39. The average Bonchev–Trinajstić information content (AvgIpc) is 2.44. The molecule has 1 aromatic carbocycles. The highest BCUT2D eigenvalue weighted by Gasteiger charge is 2.13. The largest absolute Gasteiger partial charge is 0.392 e. The van der Waals surface area contributed by atoms with Gasteiger partial charge in [0.05, 0.1) is 6.10 Å². The number of aliphatic hydroxyl groups is 1. The molecule has 0 radical (unpaired) electrons. The summed E-state index contributed by atoms with van der Waals surface area (Å²) in [5.41, 5.74) is 2.69. The molecule has 2 nitrogen and oxygen atoms in total. The number of hydrogen-bond acceptors (Lipinski definition) is 2. The lowest BCUT2D eigenvalue weighted by Gasteiger charge is -2.26. The van der Waals surface area contributed by atoms with Crippen LogP contribution in [0.4, 0.5) is 0 Å². The van der Waals surface area contributed by atoms with Crippen LogP contribution in [0.3, 0.4) is 0 Å². The Bertz CT molecular complexity index is 414. The SMILES string of the molecule is C=CCC[C@@H](O)CN(CCC(C)C)Cc1ccccc1C. The summed E-state index contributed by atoms with van der Waals surface area (Å²) in [5.74, 6) is 0.690. The molecular weight excluding hydrogens is 258 g/mol. The first-order valence-electron chi connectivity index (χ1n) is 8.08. The normalized spacial score (nSPS) is 12.9. The minimum absolute atomic E-state index is 0.265. The van der Waals surface area contributed by atoms with Gasteiger partial charge in [0.1, 0.15) is 0 Å². The quantitative estimate of drug-likeness (QED) is 0.653. The van der Waals surface area contributed by atoms with Crippen LogP contribution in [-0.4, -0.2) is 29.2 Å². The molecule has 2 heteroatoms. The number of nitrogens with zero attached hydrogens (tertiary/aromatic N) is 1. The van der Waals surface area contributed by atoms with Gasteiger partial charge in [-0.1, -0.05) is 44.2 Å². The van der Waals surface area contributed by atoms with Crippen LogP contribution in [0.25, 0.3) is 0 Å². The number of rotatable bonds is 10. The maximum atomic E-state index is 10.2. The lowest BCUT2D eigenvalue weighted by Crippen LogP contribution is -2.33. The number of benzene rings is 1. The molecule has 1 N–H and O–H groups in total. The van der Waals surface area contributed by atoms with Crippen LogP contribution in [0.2, 0.25) is 0 Å². The summed E-state index contributed by atoms with van der Waals surface area (Å²) in [6, 6.07) is 8.52. The van der Waals surface area contributed by atoms with Crippen molar-refractivity contribution in [3.8, 4) is 0 Å². The molecule has 0 aliphatic carbocycles. The number of aryl methyl sites for hydroxylation is 1. The molecule has 0 amide bonds. The summed E-state index contributed by atoms with van der Waals surface area (Å²) in [7, 11) is 0. The second kappa shape index (κ2) is 9.75. The van der Waals surface area contributed by atoms with Gasteiger partial charge in [0.25, 0.3) is 0 Å². The van der Waals surface area contributed by atoms with E-state index in [9.17, 15) is 5.11 Å². The van der Waals surface area contributed by atoms with Crippen LogP contribution in [0.1, 0.15) is 44.2 Å². The lowest BCUT2D eigenvalue weighted by atomic mass is 10.1. The molecule has 1 aromatic rings. The Hall–Kier alpha value is -1.12. The maximum Gasteiger partial charge on any atom is 0.0670 e. The molecule has 0 aromatic heterocycles. The molecule has 0 saturated carbocycles. The Morgan fingerprint density at radius 1 is 1.24 bits per heavy atom. The van der Waals surface area contributed by atoms with Crippen LogP contribution in [0.15, 0.2) is 36.9 Å². The van der Waals surface area contributed by atoms with Gasteiger partial charge < -0.3 is 5.11 Å². The Morgan fingerprint density at radius 2 is 1.95 bits per heavy atom. The van der Waals surface area contributed by atoms with E-state index in [2.05, 4.69) is 56.5 Å². The molecule has 21 heavy (non-hydrogen) atoms. The molecule has 0 spiro atoms. The fraction of sp³-hybridized carbons (Fsp3) is 0.579. The number of hydrogen-bond donors (Lipinski definition) is 1. The van der Waals surface area contributed by atoms with Crippen molar-refractivity contribution in [1.29, 1.82) is 0 Å². The van der Waals surface area contributed by atoms with E-state index in [0.717, 1.165) is 32.5 Å². The van der Waals surface area contributed by atoms with Crippen molar-refractivity contribution >= 4 is 0 Å². The Kier molecular flexibility index (Phi) is 8.33. The summed E-state index contributed by atoms with van der Waals surface area (Å²) < 4.78 is 0. The van der Waals surface area contributed by atoms with E-state index in [0.29, 0.717) is 5.92 Å². The van der Waals surface area contributed by atoms with Crippen molar-refractivity contribution in [1.82, 2.24) is 4.90 Å². The second-order valence-corrected chi connectivity index (χ2v) is 6.36. The van der Waals surface area contributed by atoms with Gasteiger partial charge in [0, 0.05) is 13.1 Å². The molecule has 0 heterocycles. The Morgan fingerprint density at radius 3 is 2.57 bits per heavy atom. The van der Waals surface area contributed by atoms with Crippen molar-refractivity contribution in [2.45, 2.75) is 52.7 Å². The molecule has 0 bridgehead atoms. The highest BCUT2D eigenvalue weighted by Crippen LogP contribution is 2.13. The van der Waals surface area contributed by atoms with Gasteiger partial charge in [0.15, 0.2) is 0 Å². The third-order valence-electron chi connectivity index (χ3n) is 3.85. The summed E-state index contributed by atoms with van der Waals surface area (Å²) >= 11 is 0. The van der Waals surface area contributed by atoms with E-state index < -0.39 is 0 Å². The maximum absolute atomic E-state index is 10.2. The zero-order valence-corrected chi connectivity index (χ0v) is 13.9. The predicted octanol–water partition coefficient (Wildman–Crippen LogP) is 4.17. The highest BCUT2D eigenvalue weighted by atomic mass is 16.3. The molecule has 0 aliphatic rings. The lowest BCUT2D eigenvalue weighted by molar-refractivity contribution is 0.0993. The monoisotopic (exact) mass is 289 g/mol.